The molecule has 0 atom stereocenters. The Kier molecular flexibility index (Phi) is 9.40. The van der Waals surface area contributed by atoms with Gasteiger partial charge in [0, 0.05) is 47.7 Å². The normalized spacial score (nSPS) is 11.1. The van der Waals surface area contributed by atoms with E-state index in [1.54, 1.807) is 36.3 Å². The first-order valence-electron chi connectivity index (χ1n) is 9.49. The number of thioether (sulfide) groups is 1. The highest BCUT2D eigenvalue weighted by Crippen LogP contribution is 2.33. The topological polar surface area (TPSA) is 139 Å². The molecule has 0 saturated heterocycles. The van der Waals surface area contributed by atoms with E-state index in [0.717, 1.165) is 16.0 Å². The average molecular weight is 490 g/mol. The number of carboxylic acid groups (broad SMARTS) is 2. The maximum absolute atomic E-state index is 13.1. The number of pyridine rings is 1. The lowest BCUT2D eigenvalue weighted by molar-refractivity contribution is -0.134. The summed E-state index contributed by atoms with van der Waals surface area (Å²) in [7, 11) is -1.89. The molecular formula is C22H23N3O6S2. The van der Waals surface area contributed by atoms with Crippen LogP contribution < -0.4 is 5.32 Å². The summed E-state index contributed by atoms with van der Waals surface area (Å²) in [5.41, 5.74) is 2.45. The molecule has 0 saturated carbocycles. The highest BCUT2D eigenvalue weighted by Gasteiger charge is 2.23. The molecule has 0 fully saturated rings. The van der Waals surface area contributed by atoms with Gasteiger partial charge in [0.25, 0.3) is 10.0 Å². The first kappa shape index (κ1) is 25.8. The first-order valence-corrected chi connectivity index (χ1v) is 12.2. The molecule has 0 unspecified atom stereocenters. The summed E-state index contributed by atoms with van der Waals surface area (Å²) in [6.45, 7) is 0.587. The number of benzene rings is 1. The van der Waals surface area contributed by atoms with Crippen molar-refractivity contribution in [1.82, 2.24) is 14.3 Å². The third-order valence-corrected chi connectivity index (χ3v) is 6.62. The van der Waals surface area contributed by atoms with Gasteiger partial charge in [0.15, 0.2) is 0 Å². The van der Waals surface area contributed by atoms with Crippen LogP contribution in [0.15, 0.2) is 83.0 Å². The van der Waals surface area contributed by atoms with E-state index in [0.29, 0.717) is 24.4 Å². The van der Waals surface area contributed by atoms with Gasteiger partial charge in [0.2, 0.25) is 0 Å². The fraction of sp³-hybridized carbons (Fsp3) is 0.136. The molecule has 9 nitrogen and oxygen atoms in total. The van der Waals surface area contributed by atoms with Crippen molar-refractivity contribution in [2.45, 2.75) is 16.3 Å². The highest BCUT2D eigenvalue weighted by molar-refractivity contribution is 7.98. The van der Waals surface area contributed by atoms with Gasteiger partial charge in [0.1, 0.15) is 4.90 Å². The van der Waals surface area contributed by atoms with Crippen LogP contribution in [0.4, 0.5) is 0 Å². The number of nitrogens with zero attached hydrogens (tertiary/aromatic N) is 2. The van der Waals surface area contributed by atoms with Gasteiger partial charge in [-0.25, -0.2) is 22.0 Å². The molecule has 0 amide bonds. The van der Waals surface area contributed by atoms with E-state index < -0.39 is 22.0 Å². The summed E-state index contributed by atoms with van der Waals surface area (Å²) < 4.78 is 27.6. The second kappa shape index (κ2) is 12.0. The van der Waals surface area contributed by atoms with Crippen LogP contribution in [0, 0.1) is 0 Å². The minimum atomic E-state index is -3.72. The number of nitrogens with one attached hydrogen (secondary N) is 1. The Morgan fingerprint density at radius 1 is 1.12 bits per heavy atom. The molecule has 0 aliphatic rings. The van der Waals surface area contributed by atoms with Crippen molar-refractivity contribution in [3.05, 3.63) is 78.8 Å². The molecule has 0 spiro atoms. The predicted molar refractivity (Wildman–Crippen MR) is 126 cm³/mol. The monoisotopic (exact) mass is 489 g/mol. The molecule has 174 valence electrons. The Morgan fingerprint density at radius 2 is 1.79 bits per heavy atom. The Morgan fingerprint density at radius 3 is 2.33 bits per heavy atom. The second-order valence-corrected chi connectivity index (χ2v) is 9.13. The van der Waals surface area contributed by atoms with Crippen molar-refractivity contribution in [2.24, 2.45) is 0 Å². The predicted octanol–water partition coefficient (Wildman–Crippen LogP) is 2.94. The van der Waals surface area contributed by atoms with Crippen molar-refractivity contribution in [1.29, 1.82) is 0 Å². The summed E-state index contributed by atoms with van der Waals surface area (Å²) in [6.07, 6.45) is 7.70. The zero-order chi connectivity index (χ0) is 24.4. The van der Waals surface area contributed by atoms with Crippen LogP contribution in [0.1, 0.15) is 5.56 Å². The maximum Gasteiger partial charge on any atom is 0.328 e. The van der Waals surface area contributed by atoms with Crippen LogP contribution in [-0.4, -0.2) is 52.8 Å². The number of carboxylic acids is 2. The smallest absolute Gasteiger partial charge is 0.328 e. The van der Waals surface area contributed by atoms with Crippen molar-refractivity contribution in [3.63, 3.8) is 0 Å². The molecule has 0 bridgehead atoms. The summed E-state index contributed by atoms with van der Waals surface area (Å²) in [5.74, 6) is -2.51. The van der Waals surface area contributed by atoms with Crippen LogP contribution in [0.25, 0.3) is 11.3 Å². The number of hydrogen-bond acceptors (Lipinski definition) is 7. The minimum absolute atomic E-state index is 0.171. The summed E-state index contributed by atoms with van der Waals surface area (Å²) in [6, 6.07) is 12.9. The number of hydrogen-bond donors (Lipinski definition) is 3. The molecule has 2 heterocycles. The van der Waals surface area contributed by atoms with E-state index in [-0.39, 0.29) is 4.90 Å². The van der Waals surface area contributed by atoms with Gasteiger partial charge in [-0.1, -0.05) is 18.2 Å². The molecule has 3 N–H and O–H groups in total. The molecule has 2 aromatic heterocycles. The summed E-state index contributed by atoms with van der Waals surface area (Å²) >= 11 is 1.59. The quantitative estimate of drug-likeness (QED) is 0.322. The average Bonchev–Trinajstić information content (AvgIpc) is 3.23. The molecule has 0 aliphatic heterocycles. The zero-order valence-electron chi connectivity index (χ0n) is 17.9. The Labute approximate surface area is 195 Å². The van der Waals surface area contributed by atoms with Gasteiger partial charge in [-0.2, -0.15) is 0 Å². The number of aliphatic carboxylic acids is 2. The Hall–Kier alpha value is -3.41. The zero-order valence-corrected chi connectivity index (χ0v) is 19.5. The van der Waals surface area contributed by atoms with E-state index in [4.69, 9.17) is 10.2 Å². The van der Waals surface area contributed by atoms with Crippen LogP contribution in [0.3, 0.4) is 0 Å². The fourth-order valence-corrected chi connectivity index (χ4v) is 4.77. The van der Waals surface area contributed by atoms with E-state index in [9.17, 15) is 18.0 Å². The van der Waals surface area contributed by atoms with Gasteiger partial charge in [0.05, 0.1) is 5.69 Å². The second-order valence-electron chi connectivity index (χ2n) is 6.46. The van der Waals surface area contributed by atoms with Crippen LogP contribution in [0.2, 0.25) is 0 Å². The third-order valence-electron chi connectivity index (χ3n) is 4.17. The van der Waals surface area contributed by atoms with Gasteiger partial charge in [-0.15, -0.1) is 11.8 Å². The highest BCUT2D eigenvalue weighted by atomic mass is 32.2. The number of rotatable bonds is 8. The van der Waals surface area contributed by atoms with Gasteiger partial charge >= 0.3 is 11.9 Å². The van der Waals surface area contributed by atoms with E-state index in [2.05, 4.69) is 10.3 Å². The molecule has 11 heteroatoms. The van der Waals surface area contributed by atoms with Crippen molar-refractivity contribution in [3.8, 4) is 11.3 Å². The SMILES string of the molecule is CNCc1cc(-c2ccccc2SC)n(S(=O)(=O)c2cccnc2)c1.O=C(O)C=CC(=O)O. The Balaban J connectivity index is 0.000000414. The molecule has 3 rings (SSSR count). The first-order chi connectivity index (χ1) is 15.7. The van der Waals surface area contributed by atoms with Crippen LogP contribution in [0.5, 0.6) is 0 Å². The van der Waals surface area contributed by atoms with E-state index in [1.807, 2.05) is 43.6 Å². The van der Waals surface area contributed by atoms with Crippen molar-refractivity contribution >= 4 is 33.7 Å². The molecule has 0 radical (unpaired) electrons. The molecular weight excluding hydrogens is 466 g/mol. The lowest BCUT2D eigenvalue weighted by Gasteiger charge is -2.12. The number of aromatic nitrogens is 2. The largest absolute Gasteiger partial charge is 0.478 e. The van der Waals surface area contributed by atoms with E-state index in [1.165, 1.54) is 10.2 Å². The minimum Gasteiger partial charge on any atom is -0.478 e. The van der Waals surface area contributed by atoms with Gasteiger partial charge < -0.3 is 15.5 Å². The fourth-order valence-electron chi connectivity index (χ4n) is 2.80. The molecule has 1 aromatic carbocycles. The van der Waals surface area contributed by atoms with Crippen molar-refractivity contribution < 1.29 is 28.2 Å². The van der Waals surface area contributed by atoms with Gasteiger partial charge in [-0.3, -0.25) is 4.98 Å². The standard InChI is InChI=1S/C18H19N3O2S2.C4H4O4/c1-19-11-14-10-17(16-7-3-4-8-18(16)24-2)21(13-14)25(22,23)15-6-5-9-20-12-15;5-3(6)1-2-4(7)8/h3-10,12-13,19H,11H2,1-2H3;1-2H,(H,5,6)(H,7,8). The third kappa shape index (κ3) is 7.04. The lowest BCUT2D eigenvalue weighted by atomic mass is 10.1. The molecule has 0 aliphatic carbocycles. The molecule has 3 aromatic rings. The summed E-state index contributed by atoms with van der Waals surface area (Å²) in [5, 5.41) is 18.7. The Bertz CT molecular complexity index is 1220. The summed E-state index contributed by atoms with van der Waals surface area (Å²) in [4.78, 5) is 24.3. The van der Waals surface area contributed by atoms with E-state index >= 15 is 0 Å². The van der Waals surface area contributed by atoms with Crippen LogP contribution >= 0.6 is 11.8 Å². The molecule has 33 heavy (non-hydrogen) atoms. The lowest BCUT2D eigenvalue weighted by Crippen LogP contribution is -2.14. The van der Waals surface area contributed by atoms with Gasteiger partial charge in [-0.05, 0) is 43.1 Å². The van der Waals surface area contributed by atoms with Crippen molar-refractivity contribution in [2.75, 3.05) is 13.3 Å². The maximum atomic E-state index is 13.1. The van der Waals surface area contributed by atoms with Crippen LogP contribution in [-0.2, 0) is 26.2 Å². The number of carbonyl (C=O) groups is 2.